The molecule has 0 spiro atoms. The molecule has 0 aromatic heterocycles. The molecule has 0 amide bonds. The van der Waals surface area contributed by atoms with Crippen molar-refractivity contribution in [3.63, 3.8) is 0 Å². The Morgan fingerprint density at radius 3 is 2.68 bits per heavy atom. The zero-order chi connectivity index (χ0) is 16.4. The maximum Gasteiger partial charge on any atom is 0.205 e. The molecule has 1 aliphatic rings. The van der Waals surface area contributed by atoms with Crippen molar-refractivity contribution in [3.8, 4) is 5.75 Å². The first-order valence-corrected chi connectivity index (χ1v) is 8.02. The van der Waals surface area contributed by atoms with Crippen LogP contribution >= 0.6 is 0 Å². The number of ether oxygens (including phenoxy) is 3. The van der Waals surface area contributed by atoms with Crippen molar-refractivity contribution >= 4 is 0 Å². The SMILES string of the molecule is CCOC(CNC(C)(C)C)c1ccc2c(c1)COC(C)(C)O2. The van der Waals surface area contributed by atoms with Crippen LogP contribution in [0, 0.1) is 0 Å². The van der Waals surface area contributed by atoms with E-state index in [2.05, 4.69) is 38.2 Å². The lowest BCUT2D eigenvalue weighted by molar-refractivity contribution is -0.180. The number of hydrogen-bond acceptors (Lipinski definition) is 4. The molecule has 4 heteroatoms. The summed E-state index contributed by atoms with van der Waals surface area (Å²) >= 11 is 0. The van der Waals surface area contributed by atoms with Crippen molar-refractivity contribution in [2.75, 3.05) is 13.2 Å². The van der Waals surface area contributed by atoms with Crippen molar-refractivity contribution in [1.29, 1.82) is 0 Å². The number of benzene rings is 1. The van der Waals surface area contributed by atoms with E-state index in [1.807, 2.05) is 26.8 Å². The van der Waals surface area contributed by atoms with E-state index in [-0.39, 0.29) is 11.6 Å². The zero-order valence-corrected chi connectivity index (χ0v) is 14.7. The van der Waals surface area contributed by atoms with Gasteiger partial charge in [0.25, 0.3) is 0 Å². The molecule has 1 aliphatic heterocycles. The van der Waals surface area contributed by atoms with Crippen molar-refractivity contribution in [3.05, 3.63) is 29.3 Å². The molecule has 0 aliphatic carbocycles. The lowest BCUT2D eigenvalue weighted by Gasteiger charge is -2.33. The minimum atomic E-state index is -0.554. The topological polar surface area (TPSA) is 39.7 Å². The van der Waals surface area contributed by atoms with E-state index in [9.17, 15) is 0 Å². The van der Waals surface area contributed by atoms with Gasteiger partial charge in [0.1, 0.15) is 5.75 Å². The van der Waals surface area contributed by atoms with Crippen LogP contribution in [0.4, 0.5) is 0 Å². The largest absolute Gasteiger partial charge is 0.463 e. The first-order valence-electron chi connectivity index (χ1n) is 8.02. The quantitative estimate of drug-likeness (QED) is 0.898. The highest BCUT2D eigenvalue weighted by molar-refractivity contribution is 5.39. The van der Waals surface area contributed by atoms with Gasteiger partial charge in [-0.05, 0) is 45.4 Å². The van der Waals surface area contributed by atoms with Crippen LogP contribution in [-0.2, 0) is 16.1 Å². The Balaban J connectivity index is 2.15. The number of hydrogen-bond donors (Lipinski definition) is 1. The summed E-state index contributed by atoms with van der Waals surface area (Å²) in [6.07, 6.45) is 0.0319. The highest BCUT2D eigenvalue weighted by atomic mass is 16.7. The van der Waals surface area contributed by atoms with Gasteiger partial charge in [-0.3, -0.25) is 0 Å². The van der Waals surface area contributed by atoms with Crippen molar-refractivity contribution in [1.82, 2.24) is 5.32 Å². The molecular formula is C18H29NO3. The number of fused-ring (bicyclic) bond motifs is 1. The number of rotatable bonds is 5. The summed E-state index contributed by atoms with van der Waals surface area (Å²) in [6.45, 7) is 14.4. The van der Waals surface area contributed by atoms with Crippen molar-refractivity contribution in [2.24, 2.45) is 0 Å². The molecule has 0 saturated heterocycles. The first-order chi connectivity index (χ1) is 10.2. The summed E-state index contributed by atoms with van der Waals surface area (Å²) < 4.78 is 17.5. The van der Waals surface area contributed by atoms with Crippen LogP contribution in [0.25, 0.3) is 0 Å². The fraction of sp³-hybridized carbons (Fsp3) is 0.667. The molecule has 4 nitrogen and oxygen atoms in total. The van der Waals surface area contributed by atoms with Gasteiger partial charge >= 0.3 is 0 Å². The molecule has 1 N–H and O–H groups in total. The molecule has 1 heterocycles. The zero-order valence-electron chi connectivity index (χ0n) is 14.7. The minimum absolute atomic E-state index is 0.0319. The third kappa shape index (κ3) is 4.70. The second kappa shape index (κ2) is 6.57. The van der Waals surface area contributed by atoms with Crippen LogP contribution in [0.2, 0.25) is 0 Å². The summed E-state index contributed by atoms with van der Waals surface area (Å²) in [5, 5.41) is 3.51. The van der Waals surface area contributed by atoms with Gasteiger partial charge in [-0.25, -0.2) is 0 Å². The van der Waals surface area contributed by atoms with Crippen LogP contribution in [0.1, 0.15) is 58.8 Å². The van der Waals surface area contributed by atoms with Gasteiger partial charge in [0.05, 0.1) is 12.7 Å². The fourth-order valence-corrected chi connectivity index (χ4v) is 2.43. The molecule has 124 valence electrons. The molecule has 1 atom stereocenters. The fourth-order valence-electron chi connectivity index (χ4n) is 2.43. The van der Waals surface area contributed by atoms with Gasteiger partial charge < -0.3 is 19.5 Å². The molecule has 22 heavy (non-hydrogen) atoms. The summed E-state index contributed by atoms with van der Waals surface area (Å²) in [4.78, 5) is 0. The van der Waals surface area contributed by atoms with Crippen molar-refractivity contribution in [2.45, 2.75) is 65.6 Å². The Hall–Kier alpha value is -1.10. The van der Waals surface area contributed by atoms with Crippen molar-refractivity contribution < 1.29 is 14.2 Å². The second-order valence-corrected chi connectivity index (χ2v) is 7.23. The van der Waals surface area contributed by atoms with Gasteiger partial charge in [0.2, 0.25) is 5.79 Å². The Bertz CT molecular complexity index is 506. The smallest absolute Gasteiger partial charge is 0.205 e. The molecule has 0 radical (unpaired) electrons. The summed E-state index contributed by atoms with van der Waals surface area (Å²) in [7, 11) is 0. The third-order valence-electron chi connectivity index (χ3n) is 3.57. The van der Waals surface area contributed by atoms with Crippen LogP contribution < -0.4 is 10.1 Å². The van der Waals surface area contributed by atoms with Gasteiger partial charge in [0.15, 0.2) is 0 Å². The minimum Gasteiger partial charge on any atom is -0.463 e. The predicted molar refractivity (Wildman–Crippen MR) is 88.1 cm³/mol. The van der Waals surface area contributed by atoms with Gasteiger partial charge in [0, 0.05) is 38.1 Å². The third-order valence-corrected chi connectivity index (χ3v) is 3.57. The molecule has 0 fully saturated rings. The Kier molecular flexibility index (Phi) is 5.15. The van der Waals surface area contributed by atoms with Crippen LogP contribution in [0.5, 0.6) is 5.75 Å². The van der Waals surface area contributed by atoms with E-state index in [0.717, 1.165) is 23.4 Å². The molecule has 2 rings (SSSR count). The molecule has 0 bridgehead atoms. The number of nitrogens with one attached hydrogen (secondary N) is 1. The molecule has 1 aromatic rings. The van der Waals surface area contributed by atoms with E-state index in [1.165, 1.54) is 0 Å². The standard InChI is InChI=1S/C18H29NO3/c1-7-20-16(11-19-17(2,3)4)13-8-9-15-14(10-13)12-21-18(5,6)22-15/h8-10,16,19H,7,11-12H2,1-6H3. The van der Waals surface area contributed by atoms with Crippen LogP contribution in [0.15, 0.2) is 18.2 Å². The van der Waals surface area contributed by atoms with Crippen LogP contribution in [0.3, 0.4) is 0 Å². The predicted octanol–water partition coefficient (Wildman–Crippen LogP) is 3.80. The van der Waals surface area contributed by atoms with E-state index in [4.69, 9.17) is 14.2 Å². The monoisotopic (exact) mass is 307 g/mol. The molecule has 0 saturated carbocycles. The highest BCUT2D eigenvalue weighted by Gasteiger charge is 2.28. The Labute approximate surface area is 134 Å². The molecule has 1 aromatic carbocycles. The maximum atomic E-state index is 5.91. The normalized spacial score (nSPS) is 18.5. The van der Waals surface area contributed by atoms with E-state index in [0.29, 0.717) is 13.2 Å². The van der Waals surface area contributed by atoms with Gasteiger partial charge in [-0.15, -0.1) is 0 Å². The van der Waals surface area contributed by atoms with Gasteiger partial charge in [-0.2, -0.15) is 0 Å². The van der Waals surface area contributed by atoms with Gasteiger partial charge in [-0.1, -0.05) is 6.07 Å². The molecular weight excluding hydrogens is 278 g/mol. The summed E-state index contributed by atoms with van der Waals surface area (Å²) in [6, 6.07) is 6.25. The average Bonchev–Trinajstić information content (AvgIpc) is 2.41. The summed E-state index contributed by atoms with van der Waals surface area (Å²) in [5.41, 5.74) is 2.31. The first kappa shape index (κ1) is 17.3. The van der Waals surface area contributed by atoms with E-state index >= 15 is 0 Å². The van der Waals surface area contributed by atoms with E-state index in [1.54, 1.807) is 0 Å². The Morgan fingerprint density at radius 1 is 1.32 bits per heavy atom. The van der Waals surface area contributed by atoms with Crippen LogP contribution in [-0.4, -0.2) is 24.5 Å². The highest BCUT2D eigenvalue weighted by Crippen LogP contribution is 2.33. The lowest BCUT2D eigenvalue weighted by Crippen LogP contribution is -2.39. The average molecular weight is 307 g/mol. The second-order valence-electron chi connectivity index (χ2n) is 7.23. The molecule has 1 unspecified atom stereocenters. The summed E-state index contributed by atoms with van der Waals surface area (Å²) in [5.74, 6) is 0.348. The Morgan fingerprint density at radius 2 is 2.05 bits per heavy atom. The lowest BCUT2D eigenvalue weighted by atomic mass is 10.0. The maximum absolute atomic E-state index is 5.91. The van der Waals surface area contributed by atoms with E-state index < -0.39 is 5.79 Å².